The molecule has 7 nitrogen and oxygen atoms in total. The van der Waals surface area contributed by atoms with Gasteiger partial charge < -0.3 is 19.6 Å². The van der Waals surface area contributed by atoms with E-state index < -0.39 is 0 Å². The number of H-pyrrole nitrogens is 1. The third-order valence-electron chi connectivity index (χ3n) is 2.26. The standard InChI is InChI=1S/C9H13N5O2/c1-14-6-7(11-5-12-8(6)15)13-9(14)10-3-4-16-2/h5H,3-4H2,1-2H3,(H2,10,11,12,13,15). The van der Waals surface area contributed by atoms with Crippen LogP contribution in [-0.2, 0) is 11.8 Å². The molecule has 0 aliphatic rings. The molecule has 0 bridgehead atoms. The summed E-state index contributed by atoms with van der Waals surface area (Å²) >= 11 is 0. The first-order chi connectivity index (χ1) is 7.74. The number of hydrogen-bond acceptors (Lipinski definition) is 5. The molecule has 0 atom stereocenters. The molecule has 0 saturated heterocycles. The second-order valence-corrected chi connectivity index (χ2v) is 3.32. The molecule has 0 unspecified atom stereocenters. The molecule has 2 heterocycles. The van der Waals surface area contributed by atoms with E-state index >= 15 is 0 Å². The fraction of sp³-hybridized carbons (Fsp3) is 0.444. The molecule has 16 heavy (non-hydrogen) atoms. The zero-order valence-electron chi connectivity index (χ0n) is 9.15. The van der Waals surface area contributed by atoms with Gasteiger partial charge in [-0.1, -0.05) is 0 Å². The minimum Gasteiger partial charge on any atom is -0.383 e. The van der Waals surface area contributed by atoms with Crippen LogP contribution in [0.25, 0.3) is 11.2 Å². The van der Waals surface area contributed by atoms with E-state index in [1.54, 1.807) is 18.7 Å². The van der Waals surface area contributed by atoms with Gasteiger partial charge in [-0.3, -0.25) is 4.79 Å². The van der Waals surface area contributed by atoms with E-state index in [4.69, 9.17) is 4.74 Å². The lowest BCUT2D eigenvalue weighted by atomic mass is 10.5. The number of hydrogen-bond donors (Lipinski definition) is 2. The summed E-state index contributed by atoms with van der Waals surface area (Å²) in [5, 5.41) is 3.06. The van der Waals surface area contributed by atoms with E-state index in [1.165, 1.54) is 6.33 Å². The molecule has 0 aliphatic carbocycles. The van der Waals surface area contributed by atoms with Crippen LogP contribution in [0.15, 0.2) is 11.1 Å². The van der Waals surface area contributed by atoms with Crippen LogP contribution in [-0.4, -0.2) is 39.8 Å². The fourth-order valence-corrected chi connectivity index (χ4v) is 1.47. The number of methoxy groups -OCH3 is 1. The van der Waals surface area contributed by atoms with Crippen molar-refractivity contribution >= 4 is 17.1 Å². The highest BCUT2D eigenvalue weighted by atomic mass is 16.5. The normalized spacial score (nSPS) is 10.9. The zero-order valence-corrected chi connectivity index (χ0v) is 9.15. The molecule has 0 aromatic carbocycles. The van der Waals surface area contributed by atoms with Crippen LogP contribution in [0, 0.1) is 0 Å². The quantitative estimate of drug-likeness (QED) is 0.696. The number of fused-ring (bicyclic) bond motifs is 1. The third-order valence-corrected chi connectivity index (χ3v) is 2.26. The molecule has 0 amide bonds. The molecular weight excluding hydrogens is 210 g/mol. The van der Waals surface area contributed by atoms with Gasteiger partial charge in [0.25, 0.3) is 5.56 Å². The maximum Gasteiger partial charge on any atom is 0.277 e. The fourth-order valence-electron chi connectivity index (χ4n) is 1.47. The van der Waals surface area contributed by atoms with Crippen molar-refractivity contribution in [3.05, 3.63) is 16.7 Å². The van der Waals surface area contributed by atoms with Crippen molar-refractivity contribution < 1.29 is 4.74 Å². The number of imidazole rings is 1. The van der Waals surface area contributed by atoms with E-state index in [2.05, 4.69) is 20.3 Å². The minimum absolute atomic E-state index is 0.195. The van der Waals surface area contributed by atoms with Crippen LogP contribution in [0.5, 0.6) is 0 Å². The Hall–Kier alpha value is -1.89. The van der Waals surface area contributed by atoms with Crippen molar-refractivity contribution in [3.8, 4) is 0 Å². The Morgan fingerprint density at radius 2 is 2.44 bits per heavy atom. The van der Waals surface area contributed by atoms with Crippen LogP contribution in [0.4, 0.5) is 5.95 Å². The summed E-state index contributed by atoms with van der Waals surface area (Å²) in [4.78, 5) is 22.3. The number of rotatable bonds is 4. The lowest BCUT2D eigenvalue weighted by Gasteiger charge is -2.04. The number of aromatic amines is 1. The maximum absolute atomic E-state index is 11.5. The van der Waals surface area contributed by atoms with E-state index in [-0.39, 0.29) is 5.56 Å². The van der Waals surface area contributed by atoms with Gasteiger partial charge in [0.2, 0.25) is 5.95 Å². The average molecular weight is 223 g/mol. The Morgan fingerprint density at radius 3 is 3.12 bits per heavy atom. The van der Waals surface area contributed by atoms with E-state index in [0.29, 0.717) is 30.3 Å². The largest absolute Gasteiger partial charge is 0.383 e. The number of aromatic nitrogens is 4. The van der Waals surface area contributed by atoms with Gasteiger partial charge in [0, 0.05) is 20.7 Å². The number of nitrogens with one attached hydrogen (secondary N) is 2. The zero-order chi connectivity index (χ0) is 11.5. The first-order valence-electron chi connectivity index (χ1n) is 4.87. The molecule has 0 saturated carbocycles. The van der Waals surface area contributed by atoms with Gasteiger partial charge in [-0.25, -0.2) is 4.98 Å². The summed E-state index contributed by atoms with van der Waals surface area (Å²) in [5.41, 5.74) is 0.702. The summed E-state index contributed by atoms with van der Waals surface area (Å²) in [7, 11) is 3.39. The van der Waals surface area contributed by atoms with Gasteiger partial charge in [0.1, 0.15) is 0 Å². The Labute approximate surface area is 91.5 Å². The third kappa shape index (κ3) is 1.76. The average Bonchev–Trinajstić information content (AvgIpc) is 2.58. The first kappa shape index (κ1) is 10.6. The molecule has 0 spiro atoms. The van der Waals surface area contributed by atoms with E-state index in [9.17, 15) is 4.79 Å². The number of nitrogens with zero attached hydrogens (tertiary/aromatic N) is 3. The molecule has 0 fully saturated rings. The molecule has 2 aromatic rings. The molecule has 86 valence electrons. The summed E-state index contributed by atoms with van der Waals surface area (Å²) < 4.78 is 6.60. The van der Waals surface area contributed by atoms with Crippen molar-refractivity contribution in [2.75, 3.05) is 25.6 Å². The summed E-state index contributed by atoms with van der Waals surface area (Å²) in [6.45, 7) is 1.21. The van der Waals surface area contributed by atoms with Gasteiger partial charge >= 0.3 is 0 Å². The van der Waals surface area contributed by atoms with Crippen LogP contribution in [0.2, 0.25) is 0 Å². The van der Waals surface area contributed by atoms with Crippen molar-refractivity contribution in [1.29, 1.82) is 0 Å². The highest BCUT2D eigenvalue weighted by Gasteiger charge is 2.10. The number of ether oxygens (including phenoxy) is 1. The summed E-state index contributed by atoms with van der Waals surface area (Å²) in [6, 6.07) is 0. The molecule has 0 aliphatic heterocycles. The highest BCUT2D eigenvalue weighted by molar-refractivity contribution is 5.73. The number of anilines is 1. The molecule has 7 heteroatoms. The maximum atomic E-state index is 11.5. The monoisotopic (exact) mass is 223 g/mol. The Balaban J connectivity index is 2.37. The summed E-state index contributed by atoms with van der Waals surface area (Å²) in [5.74, 6) is 0.608. The molecule has 0 radical (unpaired) electrons. The van der Waals surface area contributed by atoms with Crippen molar-refractivity contribution in [3.63, 3.8) is 0 Å². The van der Waals surface area contributed by atoms with Crippen molar-refractivity contribution in [2.45, 2.75) is 0 Å². The summed E-state index contributed by atoms with van der Waals surface area (Å²) in [6.07, 6.45) is 1.34. The van der Waals surface area contributed by atoms with Gasteiger partial charge in [0.15, 0.2) is 11.2 Å². The molecular formula is C9H13N5O2. The van der Waals surface area contributed by atoms with E-state index in [0.717, 1.165) is 0 Å². The first-order valence-corrected chi connectivity index (χ1v) is 4.87. The Morgan fingerprint density at radius 1 is 1.62 bits per heavy atom. The lowest BCUT2D eigenvalue weighted by molar-refractivity contribution is 0.210. The molecule has 2 N–H and O–H groups in total. The minimum atomic E-state index is -0.195. The Bertz CT molecular complexity index is 544. The van der Waals surface area contributed by atoms with Crippen LogP contribution >= 0.6 is 0 Å². The molecule has 2 aromatic heterocycles. The highest BCUT2D eigenvalue weighted by Crippen LogP contribution is 2.11. The Kier molecular flexibility index (Phi) is 2.86. The van der Waals surface area contributed by atoms with Crippen LogP contribution < -0.4 is 10.9 Å². The van der Waals surface area contributed by atoms with Gasteiger partial charge in [-0.2, -0.15) is 4.98 Å². The van der Waals surface area contributed by atoms with Crippen molar-refractivity contribution in [2.24, 2.45) is 7.05 Å². The van der Waals surface area contributed by atoms with Crippen LogP contribution in [0.3, 0.4) is 0 Å². The SMILES string of the molecule is COCCNc1nc2nc[nH]c(=O)c2n1C. The van der Waals surface area contributed by atoms with Crippen LogP contribution in [0.1, 0.15) is 0 Å². The second kappa shape index (κ2) is 4.31. The smallest absolute Gasteiger partial charge is 0.277 e. The van der Waals surface area contributed by atoms with Gasteiger partial charge in [-0.15, -0.1) is 0 Å². The topological polar surface area (TPSA) is 84.8 Å². The molecule has 2 rings (SSSR count). The second-order valence-electron chi connectivity index (χ2n) is 3.32. The van der Waals surface area contributed by atoms with Gasteiger partial charge in [-0.05, 0) is 0 Å². The lowest BCUT2D eigenvalue weighted by Crippen LogP contribution is -2.13. The predicted octanol–water partition coefficient (Wildman–Crippen LogP) is -0.285. The van der Waals surface area contributed by atoms with Gasteiger partial charge in [0.05, 0.1) is 12.9 Å². The number of aryl methyl sites for hydroxylation is 1. The van der Waals surface area contributed by atoms with Crippen molar-refractivity contribution in [1.82, 2.24) is 19.5 Å². The van der Waals surface area contributed by atoms with E-state index in [1.807, 2.05) is 0 Å². The predicted molar refractivity (Wildman–Crippen MR) is 59.5 cm³/mol.